The Hall–Kier alpha value is -1.92. The monoisotopic (exact) mass is 373 g/mol. The molecule has 0 unspecified atom stereocenters. The molecule has 0 N–H and O–H groups in total. The summed E-state index contributed by atoms with van der Waals surface area (Å²) in [6.45, 7) is 0.642. The molecule has 0 spiro atoms. The fourth-order valence-electron chi connectivity index (χ4n) is 2.64. The van der Waals surface area contributed by atoms with Gasteiger partial charge in [0.1, 0.15) is 11.4 Å². The molecule has 1 aromatic carbocycles. The first kappa shape index (κ1) is 14.7. The van der Waals surface area contributed by atoms with Gasteiger partial charge in [-0.15, -0.1) is 0 Å². The Morgan fingerprint density at radius 3 is 2.65 bits per heavy atom. The van der Waals surface area contributed by atoms with E-state index in [9.17, 15) is 0 Å². The lowest BCUT2D eigenvalue weighted by molar-refractivity contribution is 0.0639. The molecule has 0 radical (unpaired) electrons. The van der Waals surface area contributed by atoms with Gasteiger partial charge >= 0.3 is 0 Å². The number of methoxy groups -OCH3 is 1. The fourth-order valence-corrected chi connectivity index (χ4v) is 3.01. The third kappa shape index (κ3) is 2.84. The number of aromatic nitrogens is 3. The highest BCUT2D eigenvalue weighted by atomic mass is 79.9. The average molecular weight is 374 g/mol. The van der Waals surface area contributed by atoms with Gasteiger partial charge < -0.3 is 9.47 Å². The van der Waals surface area contributed by atoms with E-state index >= 15 is 0 Å². The number of benzene rings is 1. The largest absolute Gasteiger partial charge is 0.485 e. The lowest BCUT2D eigenvalue weighted by Gasteiger charge is -2.17. The van der Waals surface area contributed by atoms with E-state index in [0.717, 1.165) is 39.8 Å². The summed E-state index contributed by atoms with van der Waals surface area (Å²) in [5.41, 5.74) is 2.79. The number of hydrogen-bond donors (Lipinski definition) is 0. The van der Waals surface area contributed by atoms with Crippen LogP contribution in [0.25, 0.3) is 16.8 Å². The van der Waals surface area contributed by atoms with Crippen molar-refractivity contribution in [3.63, 3.8) is 0 Å². The van der Waals surface area contributed by atoms with Gasteiger partial charge in [-0.05, 0) is 46.5 Å². The first-order chi connectivity index (χ1) is 11.2. The highest BCUT2D eigenvalue weighted by Gasteiger charge is 2.45. The summed E-state index contributed by atoms with van der Waals surface area (Å²) in [5.74, 6) is 0.874. The molecule has 0 amide bonds. The van der Waals surface area contributed by atoms with Crippen LogP contribution in [-0.4, -0.2) is 33.9 Å². The van der Waals surface area contributed by atoms with Crippen molar-refractivity contribution in [1.29, 1.82) is 0 Å². The predicted octanol–water partition coefficient (Wildman–Crippen LogP) is 3.72. The molecule has 0 atom stereocenters. The summed E-state index contributed by atoms with van der Waals surface area (Å²) in [7, 11) is 1.71. The van der Waals surface area contributed by atoms with Gasteiger partial charge in [-0.1, -0.05) is 12.1 Å². The van der Waals surface area contributed by atoms with Crippen LogP contribution in [0.3, 0.4) is 0 Å². The van der Waals surface area contributed by atoms with E-state index in [2.05, 4.69) is 26.0 Å². The van der Waals surface area contributed by atoms with Gasteiger partial charge in [0.2, 0.25) is 0 Å². The van der Waals surface area contributed by atoms with Gasteiger partial charge in [-0.25, -0.2) is 9.50 Å². The van der Waals surface area contributed by atoms with E-state index in [-0.39, 0.29) is 5.60 Å². The second-order valence-corrected chi connectivity index (χ2v) is 6.70. The maximum atomic E-state index is 6.05. The van der Waals surface area contributed by atoms with E-state index in [4.69, 9.17) is 9.47 Å². The molecule has 0 bridgehead atoms. The topological polar surface area (TPSA) is 48.7 Å². The first-order valence-corrected chi connectivity index (χ1v) is 8.26. The zero-order valence-corrected chi connectivity index (χ0v) is 14.3. The van der Waals surface area contributed by atoms with Crippen molar-refractivity contribution in [3.8, 4) is 16.9 Å². The highest BCUT2D eigenvalue weighted by molar-refractivity contribution is 9.10. The Balaban J connectivity index is 1.57. The Labute approximate surface area is 142 Å². The number of hydrogen-bond acceptors (Lipinski definition) is 4. The van der Waals surface area contributed by atoms with Crippen LogP contribution in [-0.2, 0) is 4.74 Å². The van der Waals surface area contributed by atoms with E-state index < -0.39 is 0 Å². The van der Waals surface area contributed by atoms with E-state index in [0.29, 0.717) is 6.61 Å². The molecule has 5 nitrogen and oxygen atoms in total. The molecule has 2 heterocycles. The molecule has 4 rings (SSSR count). The van der Waals surface area contributed by atoms with Crippen LogP contribution in [0.1, 0.15) is 12.8 Å². The first-order valence-electron chi connectivity index (χ1n) is 7.46. The standard InChI is InChI=1S/C17H16BrN3O2/c1-22-11-17(6-7-17)23-14-4-2-12(3-5-14)13-8-19-16-15(18)9-20-21(16)10-13/h2-5,8-10H,6-7,11H2,1H3. The summed E-state index contributed by atoms with van der Waals surface area (Å²) in [6, 6.07) is 8.07. The normalized spacial score (nSPS) is 15.7. The van der Waals surface area contributed by atoms with Crippen LogP contribution in [0.5, 0.6) is 5.75 Å². The van der Waals surface area contributed by atoms with Crippen molar-refractivity contribution in [2.75, 3.05) is 13.7 Å². The van der Waals surface area contributed by atoms with Crippen LogP contribution in [0.2, 0.25) is 0 Å². The number of fused-ring (bicyclic) bond motifs is 1. The fraction of sp³-hybridized carbons (Fsp3) is 0.294. The lowest BCUT2D eigenvalue weighted by atomic mass is 10.1. The molecule has 3 aromatic rings. The smallest absolute Gasteiger partial charge is 0.169 e. The maximum Gasteiger partial charge on any atom is 0.169 e. The second-order valence-electron chi connectivity index (χ2n) is 5.85. The van der Waals surface area contributed by atoms with Gasteiger partial charge in [0.05, 0.1) is 17.3 Å². The second kappa shape index (κ2) is 5.62. The minimum Gasteiger partial charge on any atom is -0.485 e. The lowest BCUT2D eigenvalue weighted by Crippen LogP contribution is -2.24. The molecule has 0 saturated heterocycles. The van der Waals surface area contributed by atoms with Crippen molar-refractivity contribution < 1.29 is 9.47 Å². The summed E-state index contributed by atoms with van der Waals surface area (Å²) in [5, 5.41) is 4.27. The van der Waals surface area contributed by atoms with Crippen LogP contribution in [0, 0.1) is 0 Å². The Morgan fingerprint density at radius 2 is 1.96 bits per heavy atom. The number of ether oxygens (including phenoxy) is 2. The number of rotatable bonds is 5. The molecule has 0 aliphatic heterocycles. The molecule has 1 aliphatic carbocycles. The van der Waals surface area contributed by atoms with Crippen molar-refractivity contribution in [1.82, 2.24) is 14.6 Å². The maximum absolute atomic E-state index is 6.05. The molecule has 23 heavy (non-hydrogen) atoms. The van der Waals surface area contributed by atoms with Crippen LogP contribution in [0.4, 0.5) is 0 Å². The third-order valence-electron chi connectivity index (χ3n) is 4.05. The van der Waals surface area contributed by atoms with E-state index in [1.165, 1.54) is 0 Å². The number of nitrogens with zero attached hydrogens (tertiary/aromatic N) is 3. The Kier molecular flexibility index (Phi) is 3.58. The van der Waals surface area contributed by atoms with Crippen LogP contribution >= 0.6 is 15.9 Å². The van der Waals surface area contributed by atoms with E-state index in [1.807, 2.05) is 36.7 Å². The van der Waals surface area contributed by atoms with Crippen LogP contribution in [0.15, 0.2) is 47.3 Å². The SMILES string of the molecule is COCC1(Oc2ccc(-c3cnc4c(Br)cnn4c3)cc2)CC1. The quantitative estimate of drug-likeness (QED) is 0.683. The average Bonchev–Trinajstić information content (AvgIpc) is 3.22. The molecule has 118 valence electrons. The van der Waals surface area contributed by atoms with Gasteiger partial charge in [0.15, 0.2) is 5.65 Å². The van der Waals surface area contributed by atoms with E-state index in [1.54, 1.807) is 17.8 Å². The predicted molar refractivity (Wildman–Crippen MR) is 90.6 cm³/mol. The molecular weight excluding hydrogens is 358 g/mol. The molecule has 6 heteroatoms. The van der Waals surface area contributed by atoms with Crippen molar-refractivity contribution in [3.05, 3.63) is 47.3 Å². The van der Waals surface area contributed by atoms with Gasteiger partial charge in [0.25, 0.3) is 0 Å². The van der Waals surface area contributed by atoms with Gasteiger partial charge in [-0.3, -0.25) is 0 Å². The minimum absolute atomic E-state index is 0.113. The molecule has 1 aliphatic rings. The third-order valence-corrected chi connectivity index (χ3v) is 4.61. The molecule has 2 aromatic heterocycles. The Bertz CT molecular complexity index is 841. The molecule has 1 fully saturated rings. The zero-order valence-electron chi connectivity index (χ0n) is 12.7. The number of halogens is 1. The van der Waals surface area contributed by atoms with Crippen molar-refractivity contribution >= 4 is 21.6 Å². The minimum atomic E-state index is -0.113. The summed E-state index contributed by atoms with van der Waals surface area (Å²) >= 11 is 3.43. The summed E-state index contributed by atoms with van der Waals surface area (Å²) < 4.78 is 13.9. The van der Waals surface area contributed by atoms with Crippen LogP contribution < -0.4 is 4.74 Å². The van der Waals surface area contributed by atoms with Crippen molar-refractivity contribution in [2.45, 2.75) is 18.4 Å². The summed E-state index contributed by atoms with van der Waals surface area (Å²) in [6.07, 6.45) is 7.67. The van der Waals surface area contributed by atoms with Crippen molar-refractivity contribution in [2.24, 2.45) is 0 Å². The summed E-state index contributed by atoms with van der Waals surface area (Å²) in [4.78, 5) is 4.44. The van der Waals surface area contributed by atoms with Gasteiger partial charge in [0, 0.05) is 25.1 Å². The molecule has 1 saturated carbocycles. The highest BCUT2D eigenvalue weighted by Crippen LogP contribution is 2.40. The molecular formula is C17H16BrN3O2. The Morgan fingerprint density at radius 1 is 1.17 bits per heavy atom. The zero-order chi connectivity index (χ0) is 15.9. The van der Waals surface area contributed by atoms with Gasteiger partial charge in [-0.2, -0.15) is 5.10 Å².